The first-order valence-corrected chi connectivity index (χ1v) is 16.0. The highest BCUT2D eigenvalue weighted by Crippen LogP contribution is 2.41. The highest BCUT2D eigenvalue weighted by atomic mass is 32.1. The van der Waals surface area contributed by atoms with Crippen LogP contribution in [0.2, 0.25) is 0 Å². The van der Waals surface area contributed by atoms with Crippen molar-refractivity contribution in [1.82, 2.24) is 14.5 Å². The third-order valence-corrected chi connectivity index (χ3v) is 9.77. The molecule has 0 saturated heterocycles. The molecule has 0 saturated carbocycles. The van der Waals surface area contributed by atoms with E-state index in [9.17, 15) is 5.26 Å². The molecule has 6 aromatic carbocycles. The van der Waals surface area contributed by atoms with E-state index in [1.165, 1.54) is 36.5 Å². The van der Waals surface area contributed by atoms with E-state index in [2.05, 4.69) is 108 Å². The molecular formula is C41H24N4S. The first-order chi connectivity index (χ1) is 22.7. The summed E-state index contributed by atoms with van der Waals surface area (Å²) in [5, 5.41) is 14.4. The number of rotatable bonds is 4. The molecule has 0 spiro atoms. The molecule has 5 heteroatoms. The van der Waals surface area contributed by atoms with E-state index in [1.54, 1.807) is 0 Å². The molecule has 3 aromatic heterocycles. The monoisotopic (exact) mass is 604 g/mol. The van der Waals surface area contributed by atoms with Crippen LogP contribution < -0.4 is 0 Å². The van der Waals surface area contributed by atoms with Crippen molar-refractivity contribution in [2.45, 2.75) is 0 Å². The molecule has 4 nitrogen and oxygen atoms in total. The molecular weight excluding hydrogens is 581 g/mol. The highest BCUT2D eigenvalue weighted by molar-refractivity contribution is 7.25. The van der Waals surface area contributed by atoms with E-state index in [0.29, 0.717) is 11.4 Å². The molecule has 0 fully saturated rings. The lowest BCUT2D eigenvalue weighted by Crippen LogP contribution is -1.98. The zero-order valence-electron chi connectivity index (χ0n) is 24.6. The quantitative estimate of drug-likeness (QED) is 0.201. The summed E-state index contributed by atoms with van der Waals surface area (Å²) in [4.78, 5) is 10.1. The fraction of sp³-hybridized carbons (Fsp3) is 0. The minimum atomic E-state index is 0.618. The Hall–Kier alpha value is -6.09. The molecule has 0 aliphatic rings. The highest BCUT2D eigenvalue weighted by Gasteiger charge is 2.17. The van der Waals surface area contributed by atoms with Gasteiger partial charge >= 0.3 is 0 Å². The fourth-order valence-electron chi connectivity index (χ4n) is 6.45. The SMILES string of the molecule is N#Cc1ccc(-c2cc(-c3ccccc3)nc(-c3cccc(-n4c5ccccc5c5cc6sc7ccccc7c6cc54)c3)n2)cc1. The first-order valence-electron chi connectivity index (χ1n) is 15.1. The van der Waals surface area contributed by atoms with Crippen LogP contribution in [0.25, 0.3) is 81.6 Å². The van der Waals surface area contributed by atoms with Gasteiger partial charge in [0, 0.05) is 53.3 Å². The van der Waals surface area contributed by atoms with Crippen molar-refractivity contribution < 1.29 is 0 Å². The summed E-state index contributed by atoms with van der Waals surface area (Å²) < 4.78 is 4.96. The fourth-order valence-corrected chi connectivity index (χ4v) is 7.57. The van der Waals surface area contributed by atoms with Crippen LogP contribution >= 0.6 is 11.3 Å². The summed E-state index contributed by atoms with van der Waals surface area (Å²) in [5.41, 5.74) is 8.54. The van der Waals surface area contributed by atoms with Crippen LogP contribution in [-0.2, 0) is 0 Å². The predicted octanol–water partition coefficient (Wildman–Crippen LogP) is 10.8. The van der Waals surface area contributed by atoms with Crippen molar-refractivity contribution in [3.63, 3.8) is 0 Å². The molecule has 0 amide bonds. The van der Waals surface area contributed by atoms with Gasteiger partial charge in [-0.1, -0.05) is 91.0 Å². The van der Waals surface area contributed by atoms with Crippen LogP contribution in [0.3, 0.4) is 0 Å². The molecule has 0 unspecified atom stereocenters. The zero-order valence-corrected chi connectivity index (χ0v) is 25.4. The zero-order chi connectivity index (χ0) is 30.6. The number of fused-ring (bicyclic) bond motifs is 6. The van der Waals surface area contributed by atoms with Crippen molar-refractivity contribution in [3.05, 3.63) is 151 Å². The second-order valence-electron chi connectivity index (χ2n) is 11.4. The van der Waals surface area contributed by atoms with Crippen LogP contribution in [0, 0.1) is 11.3 Å². The van der Waals surface area contributed by atoms with E-state index in [4.69, 9.17) is 9.97 Å². The van der Waals surface area contributed by atoms with Gasteiger partial charge in [-0.2, -0.15) is 5.26 Å². The van der Waals surface area contributed by atoms with Gasteiger partial charge in [0.05, 0.1) is 34.1 Å². The molecule has 9 rings (SSSR count). The largest absolute Gasteiger partial charge is 0.309 e. The van der Waals surface area contributed by atoms with Gasteiger partial charge in [-0.05, 0) is 54.6 Å². The maximum atomic E-state index is 9.33. The summed E-state index contributed by atoms with van der Waals surface area (Å²) in [6, 6.07) is 52.5. The van der Waals surface area contributed by atoms with Gasteiger partial charge < -0.3 is 4.57 Å². The molecule has 0 atom stereocenters. The normalized spacial score (nSPS) is 11.5. The number of para-hydroxylation sites is 1. The third-order valence-electron chi connectivity index (χ3n) is 8.64. The second kappa shape index (κ2) is 10.5. The summed E-state index contributed by atoms with van der Waals surface area (Å²) in [6.07, 6.45) is 0. The van der Waals surface area contributed by atoms with Gasteiger partial charge in [-0.15, -0.1) is 11.3 Å². The molecule has 0 aliphatic carbocycles. The van der Waals surface area contributed by atoms with Gasteiger partial charge in [-0.25, -0.2) is 9.97 Å². The topological polar surface area (TPSA) is 54.5 Å². The van der Waals surface area contributed by atoms with Crippen molar-refractivity contribution in [2.24, 2.45) is 0 Å². The molecule has 9 aromatic rings. The Labute approximate surface area is 269 Å². The Balaban J connectivity index is 1.26. The smallest absolute Gasteiger partial charge is 0.160 e. The van der Waals surface area contributed by atoms with Crippen LogP contribution in [0.15, 0.2) is 146 Å². The van der Waals surface area contributed by atoms with Gasteiger partial charge in [0.1, 0.15) is 0 Å². The Kier molecular flexibility index (Phi) is 6.02. The van der Waals surface area contributed by atoms with Crippen LogP contribution in [0.4, 0.5) is 0 Å². The van der Waals surface area contributed by atoms with Crippen molar-refractivity contribution in [2.75, 3.05) is 0 Å². The molecule has 0 radical (unpaired) electrons. The summed E-state index contributed by atoms with van der Waals surface area (Å²) in [6.45, 7) is 0. The van der Waals surface area contributed by atoms with Gasteiger partial charge in [0.25, 0.3) is 0 Å². The summed E-state index contributed by atoms with van der Waals surface area (Å²) in [5.74, 6) is 0.648. The maximum absolute atomic E-state index is 9.33. The first kappa shape index (κ1) is 26.3. The number of thiophene rings is 1. The maximum Gasteiger partial charge on any atom is 0.160 e. The van der Waals surface area contributed by atoms with Gasteiger partial charge in [-0.3, -0.25) is 0 Å². The van der Waals surface area contributed by atoms with Crippen molar-refractivity contribution >= 4 is 53.3 Å². The van der Waals surface area contributed by atoms with E-state index in [0.717, 1.165) is 39.3 Å². The Morgan fingerprint density at radius 1 is 0.500 bits per heavy atom. The lowest BCUT2D eigenvalue weighted by molar-refractivity contribution is 1.16. The van der Waals surface area contributed by atoms with Gasteiger partial charge in [0.2, 0.25) is 0 Å². The van der Waals surface area contributed by atoms with Crippen molar-refractivity contribution in [1.29, 1.82) is 5.26 Å². The van der Waals surface area contributed by atoms with Crippen molar-refractivity contribution in [3.8, 4) is 45.7 Å². The van der Waals surface area contributed by atoms with E-state index < -0.39 is 0 Å². The molecule has 3 heterocycles. The van der Waals surface area contributed by atoms with Gasteiger partial charge in [0.15, 0.2) is 5.82 Å². The predicted molar refractivity (Wildman–Crippen MR) is 190 cm³/mol. The molecule has 0 aliphatic heterocycles. The number of nitriles is 1. The minimum absolute atomic E-state index is 0.618. The number of hydrogen-bond acceptors (Lipinski definition) is 4. The average molecular weight is 605 g/mol. The lowest BCUT2D eigenvalue weighted by Gasteiger charge is -2.12. The number of benzene rings is 6. The van der Waals surface area contributed by atoms with Crippen LogP contribution in [-0.4, -0.2) is 14.5 Å². The Morgan fingerprint density at radius 3 is 2.00 bits per heavy atom. The molecule has 0 bridgehead atoms. The average Bonchev–Trinajstić information content (AvgIpc) is 3.65. The number of aromatic nitrogens is 3. The number of nitrogens with zero attached hydrogens (tertiary/aromatic N) is 4. The standard InChI is InChI=1S/C41H24N4S/c42-25-26-17-19-28(20-18-26)36-24-35(27-9-2-1-3-10-27)43-41(44-36)29-11-8-12-30(21-29)45-37-15-6-4-13-31(37)33-23-40-34(22-38(33)45)32-14-5-7-16-39(32)46-40/h1-24H. The second-order valence-corrected chi connectivity index (χ2v) is 12.5. The van der Waals surface area contributed by atoms with Crippen LogP contribution in [0.5, 0.6) is 0 Å². The van der Waals surface area contributed by atoms with E-state index in [-0.39, 0.29) is 0 Å². The third kappa shape index (κ3) is 4.28. The Morgan fingerprint density at radius 2 is 1.20 bits per heavy atom. The van der Waals surface area contributed by atoms with E-state index in [1.807, 2.05) is 59.9 Å². The Bertz CT molecular complexity index is 2640. The minimum Gasteiger partial charge on any atom is -0.309 e. The number of hydrogen-bond donors (Lipinski definition) is 0. The van der Waals surface area contributed by atoms with E-state index >= 15 is 0 Å². The molecule has 0 N–H and O–H groups in total. The lowest BCUT2D eigenvalue weighted by atomic mass is 10.1. The summed E-state index contributed by atoms with van der Waals surface area (Å²) in [7, 11) is 0. The van der Waals surface area contributed by atoms with Crippen LogP contribution in [0.1, 0.15) is 5.56 Å². The molecule has 46 heavy (non-hydrogen) atoms. The summed E-state index contributed by atoms with van der Waals surface area (Å²) >= 11 is 1.85. The molecule has 214 valence electrons.